The van der Waals surface area contributed by atoms with Gasteiger partial charge in [0.15, 0.2) is 5.82 Å². The molecule has 0 bridgehead atoms. The van der Waals surface area contributed by atoms with Crippen LogP contribution >= 0.6 is 12.4 Å². The van der Waals surface area contributed by atoms with Gasteiger partial charge in [-0.1, -0.05) is 6.92 Å². The van der Waals surface area contributed by atoms with Crippen LogP contribution in [0.5, 0.6) is 0 Å². The van der Waals surface area contributed by atoms with E-state index in [1.54, 1.807) is 0 Å². The minimum atomic E-state index is 0. The molecular formula is C7H13ClN4. The van der Waals surface area contributed by atoms with E-state index in [4.69, 9.17) is 5.41 Å². The molecule has 0 saturated heterocycles. The smallest absolute Gasteiger partial charge is 0.153 e. The third-order valence-corrected chi connectivity index (χ3v) is 1.34. The molecule has 0 amide bonds. The van der Waals surface area contributed by atoms with E-state index >= 15 is 0 Å². The number of hydrogen-bond acceptors (Lipinski definition) is 2. The number of aryl methyl sites for hydroxylation is 1. The summed E-state index contributed by atoms with van der Waals surface area (Å²) in [5.41, 5.74) is 0.997. The fraction of sp³-hybridized carbons (Fsp3) is 0.429. The van der Waals surface area contributed by atoms with E-state index in [2.05, 4.69) is 15.5 Å². The van der Waals surface area contributed by atoms with Crippen molar-refractivity contribution < 1.29 is 0 Å². The van der Waals surface area contributed by atoms with Gasteiger partial charge in [-0.05, 0) is 6.92 Å². The van der Waals surface area contributed by atoms with Crippen LogP contribution in [0.2, 0.25) is 0 Å². The SMILES string of the molecule is CCC(=N)Nc1cc(C)[nH]n1.Cl. The first-order valence-corrected chi connectivity index (χ1v) is 3.59. The molecule has 5 heteroatoms. The number of hydrogen-bond donors (Lipinski definition) is 3. The highest BCUT2D eigenvalue weighted by Crippen LogP contribution is 2.03. The Labute approximate surface area is 77.7 Å². The third kappa shape index (κ3) is 2.92. The Morgan fingerprint density at radius 1 is 1.75 bits per heavy atom. The molecule has 0 aromatic carbocycles. The fourth-order valence-electron chi connectivity index (χ4n) is 0.725. The second-order valence-corrected chi connectivity index (χ2v) is 2.39. The monoisotopic (exact) mass is 188 g/mol. The average Bonchev–Trinajstić information content (AvgIpc) is 2.35. The topological polar surface area (TPSA) is 64.6 Å². The maximum absolute atomic E-state index is 7.32. The lowest BCUT2D eigenvalue weighted by molar-refractivity contribution is 1.05. The Hall–Kier alpha value is -1.03. The van der Waals surface area contributed by atoms with E-state index in [1.807, 2.05) is 19.9 Å². The quantitative estimate of drug-likeness (QED) is 0.491. The molecule has 0 aliphatic rings. The number of amidine groups is 1. The number of rotatable bonds is 2. The summed E-state index contributed by atoms with van der Waals surface area (Å²) in [5, 5.41) is 16.9. The van der Waals surface area contributed by atoms with Crippen molar-refractivity contribution in [3.63, 3.8) is 0 Å². The molecule has 1 heterocycles. The number of nitrogens with one attached hydrogen (secondary N) is 3. The largest absolute Gasteiger partial charge is 0.327 e. The number of nitrogens with zero attached hydrogens (tertiary/aromatic N) is 1. The molecule has 0 fully saturated rings. The molecule has 4 nitrogen and oxygen atoms in total. The first-order valence-electron chi connectivity index (χ1n) is 3.59. The number of aromatic amines is 1. The van der Waals surface area contributed by atoms with Crippen molar-refractivity contribution in [2.75, 3.05) is 5.32 Å². The molecule has 0 radical (unpaired) electrons. The first-order chi connectivity index (χ1) is 5.22. The van der Waals surface area contributed by atoms with E-state index < -0.39 is 0 Å². The van der Waals surface area contributed by atoms with Crippen LogP contribution in [-0.4, -0.2) is 16.0 Å². The van der Waals surface area contributed by atoms with Crippen LogP contribution < -0.4 is 5.32 Å². The normalized spacial score (nSPS) is 8.83. The molecule has 1 rings (SSSR count). The van der Waals surface area contributed by atoms with Crippen molar-refractivity contribution in [2.45, 2.75) is 20.3 Å². The highest BCUT2D eigenvalue weighted by atomic mass is 35.5. The van der Waals surface area contributed by atoms with Crippen LogP contribution in [0.3, 0.4) is 0 Å². The molecule has 0 unspecified atom stereocenters. The lowest BCUT2D eigenvalue weighted by atomic mass is 10.4. The lowest BCUT2D eigenvalue weighted by Gasteiger charge is -1.98. The van der Waals surface area contributed by atoms with Crippen molar-refractivity contribution >= 4 is 24.1 Å². The molecular weight excluding hydrogens is 176 g/mol. The van der Waals surface area contributed by atoms with Gasteiger partial charge in [-0.25, -0.2) is 0 Å². The Kier molecular flexibility index (Phi) is 4.36. The number of H-pyrrole nitrogens is 1. The van der Waals surface area contributed by atoms with Crippen LogP contribution in [0.25, 0.3) is 0 Å². The molecule has 68 valence electrons. The summed E-state index contributed by atoms with van der Waals surface area (Å²) in [6, 6.07) is 1.87. The summed E-state index contributed by atoms with van der Waals surface area (Å²) < 4.78 is 0. The molecule has 0 aliphatic carbocycles. The number of anilines is 1. The van der Waals surface area contributed by atoms with Crippen molar-refractivity contribution in [1.29, 1.82) is 5.41 Å². The van der Waals surface area contributed by atoms with Gasteiger partial charge in [0, 0.05) is 18.2 Å². The zero-order chi connectivity index (χ0) is 8.27. The van der Waals surface area contributed by atoms with Crippen LogP contribution in [0, 0.1) is 12.3 Å². The van der Waals surface area contributed by atoms with Gasteiger partial charge < -0.3 is 5.32 Å². The molecule has 1 aromatic heterocycles. The molecule has 0 saturated carbocycles. The van der Waals surface area contributed by atoms with E-state index in [0.717, 1.165) is 5.69 Å². The maximum Gasteiger partial charge on any atom is 0.153 e. The summed E-state index contributed by atoms with van der Waals surface area (Å²) in [5.74, 6) is 1.20. The maximum atomic E-state index is 7.32. The van der Waals surface area contributed by atoms with Crippen molar-refractivity contribution in [2.24, 2.45) is 0 Å². The lowest BCUT2D eigenvalue weighted by Crippen LogP contribution is -2.08. The van der Waals surface area contributed by atoms with E-state index in [1.165, 1.54) is 0 Å². The van der Waals surface area contributed by atoms with Gasteiger partial charge in [0.1, 0.15) is 0 Å². The van der Waals surface area contributed by atoms with Gasteiger partial charge in [0.2, 0.25) is 0 Å². The van der Waals surface area contributed by atoms with Crippen LogP contribution in [0.1, 0.15) is 19.0 Å². The minimum absolute atomic E-state index is 0. The highest BCUT2D eigenvalue weighted by molar-refractivity contribution is 5.91. The third-order valence-electron chi connectivity index (χ3n) is 1.34. The first kappa shape index (κ1) is 11.0. The van der Waals surface area contributed by atoms with Crippen LogP contribution in [-0.2, 0) is 0 Å². The Balaban J connectivity index is 0.00000121. The predicted octanol–water partition coefficient (Wildman–Crippen LogP) is 1.94. The molecule has 3 N–H and O–H groups in total. The molecule has 0 spiro atoms. The molecule has 1 aromatic rings. The summed E-state index contributed by atoms with van der Waals surface area (Å²) in [6.45, 7) is 3.85. The van der Waals surface area contributed by atoms with Gasteiger partial charge in [-0.2, -0.15) is 5.10 Å². The second kappa shape index (κ2) is 4.77. The van der Waals surface area contributed by atoms with Gasteiger partial charge >= 0.3 is 0 Å². The van der Waals surface area contributed by atoms with E-state index in [9.17, 15) is 0 Å². The Morgan fingerprint density at radius 2 is 2.42 bits per heavy atom. The number of halogens is 1. The summed E-state index contributed by atoms with van der Waals surface area (Å²) >= 11 is 0. The average molecular weight is 189 g/mol. The van der Waals surface area contributed by atoms with E-state index in [0.29, 0.717) is 18.1 Å². The molecule has 12 heavy (non-hydrogen) atoms. The van der Waals surface area contributed by atoms with Gasteiger partial charge in [-0.15, -0.1) is 12.4 Å². The second-order valence-electron chi connectivity index (χ2n) is 2.39. The van der Waals surface area contributed by atoms with Gasteiger partial charge in [0.05, 0.1) is 5.84 Å². The molecule has 0 atom stereocenters. The van der Waals surface area contributed by atoms with Crippen molar-refractivity contribution in [3.8, 4) is 0 Å². The standard InChI is InChI=1S/C7H12N4.ClH/c1-3-6(8)9-7-4-5(2)10-11-7;/h4H,3H2,1-2H3,(H3,8,9,10,11);1H. The predicted molar refractivity (Wildman–Crippen MR) is 52.2 cm³/mol. The zero-order valence-electron chi connectivity index (χ0n) is 7.14. The summed E-state index contributed by atoms with van der Waals surface area (Å²) in [6.07, 6.45) is 0.700. The van der Waals surface area contributed by atoms with Gasteiger partial charge in [0.25, 0.3) is 0 Å². The Bertz CT molecular complexity index is 256. The van der Waals surface area contributed by atoms with Crippen LogP contribution in [0.15, 0.2) is 6.07 Å². The summed E-state index contributed by atoms with van der Waals surface area (Å²) in [4.78, 5) is 0. The van der Waals surface area contributed by atoms with Crippen molar-refractivity contribution in [3.05, 3.63) is 11.8 Å². The van der Waals surface area contributed by atoms with E-state index in [-0.39, 0.29) is 12.4 Å². The number of aromatic nitrogens is 2. The van der Waals surface area contributed by atoms with Gasteiger partial charge in [-0.3, -0.25) is 10.5 Å². The molecule has 0 aliphatic heterocycles. The highest BCUT2D eigenvalue weighted by Gasteiger charge is 1.97. The Morgan fingerprint density at radius 3 is 2.83 bits per heavy atom. The minimum Gasteiger partial charge on any atom is -0.327 e. The zero-order valence-corrected chi connectivity index (χ0v) is 7.96. The fourth-order valence-corrected chi connectivity index (χ4v) is 0.725. The van der Waals surface area contributed by atoms with Crippen LogP contribution in [0.4, 0.5) is 5.82 Å². The summed E-state index contributed by atoms with van der Waals surface area (Å²) in [7, 11) is 0. The van der Waals surface area contributed by atoms with Crippen molar-refractivity contribution in [1.82, 2.24) is 10.2 Å².